The van der Waals surface area contributed by atoms with Crippen LogP contribution in [0.15, 0.2) is 34.4 Å². The molecule has 29 heavy (non-hydrogen) atoms. The normalized spacial score (nSPS) is 17.5. The molecular formula is C21H22FN3O3S. The predicted octanol–water partition coefficient (Wildman–Crippen LogP) is 3.57. The standard InChI is InChI=1S/C21H22FN3O3S/c1-2-28-21(27)14-4-3-9-25(10-14)11-17-23-19(26)18-16(12-29-20(18)24-17)13-5-7-15(22)8-6-13/h5-8,12,14H,2-4,9-11H2,1H3,(H,23,24,26)/t14-/m0/s1. The first-order valence-corrected chi connectivity index (χ1v) is 10.6. The zero-order valence-corrected chi connectivity index (χ0v) is 16.9. The monoisotopic (exact) mass is 415 g/mol. The molecule has 3 heterocycles. The van der Waals surface area contributed by atoms with Crippen LogP contribution < -0.4 is 5.56 Å². The summed E-state index contributed by atoms with van der Waals surface area (Å²) < 4.78 is 18.4. The van der Waals surface area contributed by atoms with Gasteiger partial charge in [-0.1, -0.05) is 12.1 Å². The summed E-state index contributed by atoms with van der Waals surface area (Å²) in [5.74, 6) is -0.0213. The van der Waals surface area contributed by atoms with Gasteiger partial charge in [0, 0.05) is 17.5 Å². The van der Waals surface area contributed by atoms with E-state index in [1.807, 2.05) is 12.3 Å². The van der Waals surface area contributed by atoms with E-state index in [-0.39, 0.29) is 23.3 Å². The number of H-pyrrole nitrogens is 1. The molecule has 0 spiro atoms. The fourth-order valence-electron chi connectivity index (χ4n) is 3.77. The van der Waals surface area contributed by atoms with Crippen molar-refractivity contribution in [1.29, 1.82) is 0 Å². The Labute approximate surface area is 171 Å². The first-order valence-electron chi connectivity index (χ1n) is 9.70. The van der Waals surface area contributed by atoms with E-state index in [9.17, 15) is 14.0 Å². The van der Waals surface area contributed by atoms with Crippen molar-refractivity contribution in [2.45, 2.75) is 26.3 Å². The Kier molecular flexibility index (Phi) is 5.73. The average molecular weight is 415 g/mol. The molecule has 1 aliphatic heterocycles. The minimum absolute atomic E-state index is 0.133. The highest BCUT2D eigenvalue weighted by molar-refractivity contribution is 7.17. The molecule has 6 nitrogen and oxygen atoms in total. The number of benzene rings is 1. The van der Waals surface area contributed by atoms with Gasteiger partial charge in [-0.25, -0.2) is 9.37 Å². The highest BCUT2D eigenvalue weighted by Gasteiger charge is 2.27. The average Bonchev–Trinajstić information content (AvgIpc) is 3.13. The Morgan fingerprint density at radius 1 is 1.38 bits per heavy atom. The minimum Gasteiger partial charge on any atom is -0.466 e. The molecule has 1 atom stereocenters. The number of halogens is 1. The number of rotatable bonds is 5. The lowest BCUT2D eigenvalue weighted by atomic mass is 9.98. The fraction of sp³-hybridized carbons (Fsp3) is 0.381. The van der Waals surface area contributed by atoms with Crippen LogP contribution in [0.1, 0.15) is 25.6 Å². The summed E-state index contributed by atoms with van der Waals surface area (Å²) in [7, 11) is 0. The van der Waals surface area contributed by atoms with E-state index in [1.165, 1.54) is 23.5 Å². The topological polar surface area (TPSA) is 75.3 Å². The minimum atomic E-state index is -0.315. The Hall–Kier alpha value is -2.58. The quantitative estimate of drug-likeness (QED) is 0.645. The summed E-state index contributed by atoms with van der Waals surface area (Å²) in [4.78, 5) is 35.1. The lowest BCUT2D eigenvalue weighted by molar-refractivity contribution is -0.150. The van der Waals surface area contributed by atoms with Crippen LogP contribution >= 0.6 is 11.3 Å². The molecule has 0 bridgehead atoms. The van der Waals surface area contributed by atoms with Gasteiger partial charge in [-0.15, -0.1) is 11.3 Å². The van der Waals surface area contributed by atoms with Crippen molar-refractivity contribution in [2.75, 3.05) is 19.7 Å². The molecule has 152 valence electrons. The van der Waals surface area contributed by atoms with Crippen molar-refractivity contribution >= 4 is 27.5 Å². The zero-order valence-electron chi connectivity index (χ0n) is 16.1. The second kappa shape index (κ2) is 8.42. The molecule has 0 saturated carbocycles. The van der Waals surface area contributed by atoms with E-state index in [0.717, 1.165) is 30.5 Å². The van der Waals surface area contributed by atoms with Gasteiger partial charge < -0.3 is 9.72 Å². The number of carbonyl (C=O) groups is 1. The van der Waals surface area contributed by atoms with Gasteiger partial charge in [-0.3, -0.25) is 14.5 Å². The molecular weight excluding hydrogens is 393 g/mol. The predicted molar refractivity (Wildman–Crippen MR) is 110 cm³/mol. The van der Waals surface area contributed by atoms with Crippen LogP contribution in [0.25, 0.3) is 21.3 Å². The highest BCUT2D eigenvalue weighted by atomic mass is 32.1. The Balaban J connectivity index is 1.56. The first-order chi connectivity index (χ1) is 14.0. The van der Waals surface area contributed by atoms with Crippen LogP contribution in [0.4, 0.5) is 4.39 Å². The van der Waals surface area contributed by atoms with Crippen molar-refractivity contribution in [3.63, 3.8) is 0 Å². The van der Waals surface area contributed by atoms with E-state index in [2.05, 4.69) is 14.9 Å². The van der Waals surface area contributed by atoms with E-state index in [1.54, 1.807) is 12.1 Å². The third-order valence-corrected chi connectivity index (χ3v) is 6.02. The molecule has 0 radical (unpaired) electrons. The lowest BCUT2D eigenvalue weighted by Gasteiger charge is -2.30. The van der Waals surface area contributed by atoms with Crippen LogP contribution in [-0.4, -0.2) is 40.5 Å². The molecule has 1 aliphatic rings. The van der Waals surface area contributed by atoms with E-state index in [4.69, 9.17) is 4.74 Å². The van der Waals surface area contributed by atoms with Crippen LogP contribution in [0.5, 0.6) is 0 Å². The fourth-order valence-corrected chi connectivity index (χ4v) is 4.74. The molecule has 0 aliphatic carbocycles. The largest absolute Gasteiger partial charge is 0.466 e. The van der Waals surface area contributed by atoms with E-state index < -0.39 is 0 Å². The number of hydrogen-bond donors (Lipinski definition) is 1. The van der Waals surface area contributed by atoms with Crippen molar-refractivity contribution in [1.82, 2.24) is 14.9 Å². The molecule has 1 saturated heterocycles. The highest BCUT2D eigenvalue weighted by Crippen LogP contribution is 2.31. The lowest BCUT2D eigenvalue weighted by Crippen LogP contribution is -2.39. The third-order valence-electron chi connectivity index (χ3n) is 5.15. The van der Waals surface area contributed by atoms with Gasteiger partial charge in [-0.2, -0.15) is 0 Å². The van der Waals surface area contributed by atoms with Crippen molar-refractivity contribution in [3.05, 3.63) is 51.6 Å². The summed E-state index contributed by atoms with van der Waals surface area (Å²) in [5.41, 5.74) is 1.33. The second-order valence-electron chi connectivity index (χ2n) is 7.18. The van der Waals surface area contributed by atoms with Crippen LogP contribution in [0.3, 0.4) is 0 Å². The summed E-state index contributed by atoms with van der Waals surface area (Å²) in [6, 6.07) is 6.08. The van der Waals surface area contributed by atoms with Crippen molar-refractivity contribution in [3.8, 4) is 11.1 Å². The van der Waals surface area contributed by atoms with Gasteiger partial charge in [-0.05, 0) is 44.0 Å². The summed E-state index contributed by atoms with van der Waals surface area (Å²) in [5, 5.41) is 2.40. The van der Waals surface area contributed by atoms with Gasteiger partial charge in [0.15, 0.2) is 0 Å². The van der Waals surface area contributed by atoms with Crippen molar-refractivity contribution in [2.24, 2.45) is 5.92 Å². The maximum atomic E-state index is 13.2. The molecule has 1 N–H and O–H groups in total. The van der Waals surface area contributed by atoms with E-state index in [0.29, 0.717) is 35.7 Å². The van der Waals surface area contributed by atoms with Crippen LogP contribution in [0, 0.1) is 11.7 Å². The molecule has 8 heteroatoms. The number of hydrogen-bond acceptors (Lipinski definition) is 6. The van der Waals surface area contributed by atoms with Gasteiger partial charge in [0.1, 0.15) is 16.5 Å². The number of ether oxygens (including phenoxy) is 1. The number of carbonyl (C=O) groups excluding carboxylic acids is 1. The maximum Gasteiger partial charge on any atom is 0.310 e. The summed E-state index contributed by atoms with van der Waals surface area (Å²) in [6.45, 7) is 4.12. The van der Waals surface area contributed by atoms with Gasteiger partial charge >= 0.3 is 5.97 Å². The number of nitrogens with zero attached hydrogens (tertiary/aromatic N) is 2. The summed E-state index contributed by atoms with van der Waals surface area (Å²) >= 11 is 1.40. The van der Waals surface area contributed by atoms with Crippen LogP contribution in [0.2, 0.25) is 0 Å². The Bertz CT molecular complexity index is 1080. The van der Waals surface area contributed by atoms with Gasteiger partial charge in [0.2, 0.25) is 0 Å². The zero-order chi connectivity index (χ0) is 20.4. The maximum absolute atomic E-state index is 13.2. The van der Waals surface area contributed by atoms with Gasteiger partial charge in [0.05, 0.1) is 24.5 Å². The number of piperidine rings is 1. The number of aromatic nitrogens is 2. The number of esters is 1. The SMILES string of the molecule is CCOC(=O)[C@H]1CCCN(Cc2nc3scc(-c4ccc(F)cc4)c3c(=O)[nH]2)C1. The third kappa shape index (κ3) is 4.23. The second-order valence-corrected chi connectivity index (χ2v) is 8.03. The number of fused-ring (bicyclic) bond motifs is 1. The first kappa shape index (κ1) is 19.7. The molecule has 4 rings (SSSR count). The molecule has 0 unspecified atom stereocenters. The number of nitrogens with one attached hydrogen (secondary N) is 1. The Morgan fingerprint density at radius 3 is 2.93 bits per heavy atom. The molecule has 1 aromatic carbocycles. The number of aromatic amines is 1. The summed E-state index contributed by atoms with van der Waals surface area (Å²) in [6.07, 6.45) is 1.73. The number of likely N-dealkylation sites (tertiary alicyclic amines) is 1. The smallest absolute Gasteiger partial charge is 0.310 e. The number of thiophene rings is 1. The van der Waals surface area contributed by atoms with E-state index >= 15 is 0 Å². The molecule has 1 fully saturated rings. The molecule has 2 aromatic heterocycles. The molecule has 0 amide bonds. The van der Waals surface area contributed by atoms with Gasteiger partial charge in [0.25, 0.3) is 5.56 Å². The van der Waals surface area contributed by atoms with Crippen molar-refractivity contribution < 1.29 is 13.9 Å². The molecule has 3 aromatic rings. The van der Waals surface area contributed by atoms with Crippen LogP contribution in [-0.2, 0) is 16.1 Å². The Morgan fingerprint density at radius 2 is 2.17 bits per heavy atom.